The lowest BCUT2D eigenvalue weighted by Crippen LogP contribution is -1.91. The van der Waals surface area contributed by atoms with Crippen molar-refractivity contribution in [3.8, 4) is 11.5 Å². The van der Waals surface area contributed by atoms with Gasteiger partial charge in [0.25, 0.3) is 0 Å². The summed E-state index contributed by atoms with van der Waals surface area (Å²) in [6.45, 7) is 1.05. The number of para-hydroxylation sites is 2. The molecule has 2 aliphatic heterocycles. The van der Waals surface area contributed by atoms with E-state index in [1.54, 1.807) is 48.8 Å². The van der Waals surface area contributed by atoms with E-state index < -0.39 is 0 Å². The molecule has 44 heavy (non-hydrogen) atoms. The molecule has 7 rings (SSSR count). The lowest BCUT2D eigenvalue weighted by molar-refractivity contribution is 0.474. The quantitative estimate of drug-likeness (QED) is 0.126. The zero-order valence-electron chi connectivity index (χ0n) is 23.8. The summed E-state index contributed by atoms with van der Waals surface area (Å²) in [6, 6.07) is 30.4. The van der Waals surface area contributed by atoms with Gasteiger partial charge in [0, 0.05) is 45.6 Å². The topological polar surface area (TPSA) is 123 Å². The number of aliphatic imine (C=N–C) groups is 2. The molecule has 8 nitrogen and oxygen atoms in total. The van der Waals surface area contributed by atoms with Crippen molar-refractivity contribution in [3.05, 3.63) is 131 Å². The van der Waals surface area contributed by atoms with Gasteiger partial charge in [0.05, 0.1) is 35.9 Å². The van der Waals surface area contributed by atoms with Gasteiger partial charge in [-0.15, -0.1) is 0 Å². The average Bonchev–Trinajstić information content (AvgIpc) is 3.84. The molecule has 5 heterocycles. The Hall–Kier alpha value is -6.02. The number of aromatic amines is 2. The summed E-state index contributed by atoms with van der Waals surface area (Å²) < 4.78 is 0. The number of fused-ring (bicyclic) bond motifs is 8. The van der Waals surface area contributed by atoms with Crippen LogP contribution in [0.2, 0.25) is 0 Å². The van der Waals surface area contributed by atoms with Crippen LogP contribution in [0, 0.1) is 0 Å². The Morgan fingerprint density at radius 1 is 0.500 bits per heavy atom. The molecule has 0 fully saturated rings. The molecule has 0 unspecified atom stereocenters. The summed E-state index contributed by atoms with van der Waals surface area (Å²) in [5, 5.41) is 19.1. The molecule has 5 aromatic rings. The molecule has 3 aromatic heterocycles. The van der Waals surface area contributed by atoms with Gasteiger partial charge in [-0.3, -0.25) is 9.98 Å². The normalized spacial score (nSPS) is 12.1. The van der Waals surface area contributed by atoms with E-state index in [4.69, 9.17) is 0 Å². The molecular formula is C36H30N6O2. The van der Waals surface area contributed by atoms with E-state index in [1.807, 2.05) is 60.7 Å². The number of H-pyrrole nitrogens is 2. The molecule has 8 heteroatoms. The summed E-state index contributed by atoms with van der Waals surface area (Å²) in [7, 11) is 0. The maximum atomic E-state index is 9.54. The first-order valence-electron chi connectivity index (χ1n) is 14.2. The maximum absolute atomic E-state index is 9.54. The summed E-state index contributed by atoms with van der Waals surface area (Å²) in [5.41, 5.74) is 9.24. The largest absolute Gasteiger partial charge is 0.507 e. The minimum Gasteiger partial charge on any atom is -0.507 e. The Labute approximate surface area is 254 Å². The Balaban J connectivity index is 0.000000159. The number of aromatic nitrogens is 4. The minimum absolute atomic E-state index is 0.217. The smallest absolute Gasteiger partial charge is 0.124 e. The predicted molar refractivity (Wildman–Crippen MR) is 180 cm³/mol. The van der Waals surface area contributed by atoms with E-state index in [0.29, 0.717) is 24.2 Å². The van der Waals surface area contributed by atoms with E-state index in [9.17, 15) is 10.2 Å². The van der Waals surface area contributed by atoms with E-state index in [2.05, 4.69) is 54.2 Å². The van der Waals surface area contributed by atoms with Crippen LogP contribution in [0.3, 0.4) is 0 Å². The minimum atomic E-state index is 0.217. The van der Waals surface area contributed by atoms with Crippen LogP contribution in [0.5, 0.6) is 11.5 Å². The Bertz CT molecular complexity index is 1840. The van der Waals surface area contributed by atoms with Crippen LogP contribution in [0.15, 0.2) is 107 Å². The van der Waals surface area contributed by atoms with Crippen molar-refractivity contribution in [2.75, 3.05) is 13.1 Å². The molecule has 0 atom stereocenters. The second-order valence-electron chi connectivity index (χ2n) is 10.1. The first kappa shape index (κ1) is 28.1. The van der Waals surface area contributed by atoms with Crippen molar-refractivity contribution < 1.29 is 10.2 Å². The predicted octanol–water partition coefficient (Wildman–Crippen LogP) is 7.29. The lowest BCUT2D eigenvalue weighted by atomic mass is 10.2. The highest BCUT2D eigenvalue weighted by molar-refractivity contribution is 5.84. The number of hydrogen-bond acceptors (Lipinski definition) is 6. The Morgan fingerprint density at radius 2 is 0.841 bits per heavy atom. The summed E-state index contributed by atoms with van der Waals surface area (Å²) in [6.07, 6.45) is 11.3. The van der Waals surface area contributed by atoms with E-state index in [-0.39, 0.29) is 11.5 Å². The molecule has 0 saturated heterocycles. The van der Waals surface area contributed by atoms with Gasteiger partial charge in [0.2, 0.25) is 0 Å². The standard InChI is InChI=1S/C20H14N4.C16H16N2O2/c1-2-14-10-16-5-6-18(23-16)12-20-8-7-19(24-20)11-17-4-3-15(22-17)9-13(1)21-14;19-15-7-3-1-5-13(15)11-17-9-10-18-12-14-6-2-4-8-16(14)20/h1-12,21,24H;1-8,11-12,19-20H,9-10H2/b;17-11+,18-12+. The lowest BCUT2D eigenvalue weighted by Gasteiger charge is -1.97. The fourth-order valence-electron chi connectivity index (χ4n) is 4.58. The van der Waals surface area contributed by atoms with Gasteiger partial charge < -0.3 is 20.2 Å². The van der Waals surface area contributed by atoms with Crippen molar-refractivity contribution in [1.82, 2.24) is 19.9 Å². The molecule has 2 aromatic carbocycles. The van der Waals surface area contributed by atoms with Gasteiger partial charge >= 0.3 is 0 Å². The van der Waals surface area contributed by atoms with Gasteiger partial charge in [-0.05, 0) is 97.1 Å². The average molecular weight is 579 g/mol. The first-order chi connectivity index (χ1) is 21.6. The number of hydrogen-bond donors (Lipinski definition) is 4. The zero-order chi connectivity index (χ0) is 30.1. The summed E-state index contributed by atoms with van der Waals surface area (Å²) in [5.74, 6) is 0.433. The summed E-state index contributed by atoms with van der Waals surface area (Å²) in [4.78, 5) is 24.4. The number of rotatable bonds is 5. The molecule has 4 N–H and O–H groups in total. The molecule has 0 saturated carbocycles. The molecular weight excluding hydrogens is 548 g/mol. The number of benzene rings is 2. The zero-order valence-corrected chi connectivity index (χ0v) is 23.8. The molecule has 0 radical (unpaired) electrons. The van der Waals surface area contributed by atoms with E-state index >= 15 is 0 Å². The van der Waals surface area contributed by atoms with E-state index in [1.165, 1.54) is 0 Å². The second kappa shape index (κ2) is 13.3. The van der Waals surface area contributed by atoms with E-state index in [0.717, 1.165) is 44.8 Å². The Kier molecular flexibility index (Phi) is 8.50. The highest BCUT2D eigenvalue weighted by atomic mass is 16.3. The Morgan fingerprint density at radius 3 is 1.18 bits per heavy atom. The number of nitrogens with zero attached hydrogens (tertiary/aromatic N) is 4. The van der Waals surface area contributed by atoms with Crippen LogP contribution >= 0.6 is 0 Å². The molecule has 0 spiro atoms. The van der Waals surface area contributed by atoms with Crippen LogP contribution < -0.4 is 0 Å². The molecule has 2 aliphatic rings. The van der Waals surface area contributed by atoms with Crippen LogP contribution in [0.4, 0.5) is 0 Å². The van der Waals surface area contributed by atoms with Gasteiger partial charge in [-0.25, -0.2) is 9.97 Å². The van der Waals surface area contributed by atoms with Gasteiger partial charge in [-0.1, -0.05) is 24.3 Å². The number of phenolic OH excluding ortho intramolecular Hbond substituents is 2. The van der Waals surface area contributed by atoms with Crippen molar-refractivity contribution in [2.24, 2.45) is 9.98 Å². The SMILES string of the molecule is C1=Cc2cc3ccc(cc4nc(cc5ccc(cc1n2)[nH]5)C=C4)[nH]3.Oc1ccccc1/C=N/CC/N=C/c1ccccc1O. The van der Waals surface area contributed by atoms with Crippen LogP contribution in [0.25, 0.3) is 46.4 Å². The molecule has 8 bridgehead atoms. The highest BCUT2D eigenvalue weighted by Gasteiger charge is 2.01. The van der Waals surface area contributed by atoms with Gasteiger partial charge in [-0.2, -0.15) is 0 Å². The third-order valence-corrected chi connectivity index (χ3v) is 6.73. The number of aromatic hydroxyl groups is 2. The third-order valence-electron chi connectivity index (χ3n) is 6.73. The fraction of sp³-hybridized carbons (Fsp3) is 0.0556. The first-order valence-corrected chi connectivity index (χ1v) is 14.2. The van der Waals surface area contributed by atoms with Crippen molar-refractivity contribution >= 4 is 58.8 Å². The summed E-state index contributed by atoms with van der Waals surface area (Å²) >= 11 is 0. The fourth-order valence-corrected chi connectivity index (χ4v) is 4.58. The molecule has 0 aliphatic carbocycles. The van der Waals surface area contributed by atoms with Crippen LogP contribution in [-0.2, 0) is 0 Å². The van der Waals surface area contributed by atoms with Crippen LogP contribution in [0.1, 0.15) is 33.9 Å². The van der Waals surface area contributed by atoms with Crippen molar-refractivity contribution in [3.63, 3.8) is 0 Å². The molecule has 0 amide bonds. The number of phenols is 2. The van der Waals surface area contributed by atoms with Gasteiger partial charge in [0.1, 0.15) is 11.5 Å². The second-order valence-corrected chi connectivity index (χ2v) is 10.1. The monoisotopic (exact) mass is 578 g/mol. The molecule has 216 valence electrons. The van der Waals surface area contributed by atoms with Crippen molar-refractivity contribution in [1.29, 1.82) is 0 Å². The van der Waals surface area contributed by atoms with Crippen LogP contribution in [-0.4, -0.2) is 55.7 Å². The third kappa shape index (κ3) is 7.43. The highest BCUT2D eigenvalue weighted by Crippen LogP contribution is 2.17. The number of nitrogens with one attached hydrogen (secondary N) is 2. The van der Waals surface area contributed by atoms with Gasteiger partial charge in [0.15, 0.2) is 0 Å². The van der Waals surface area contributed by atoms with Crippen molar-refractivity contribution in [2.45, 2.75) is 0 Å². The maximum Gasteiger partial charge on any atom is 0.124 e.